The van der Waals surface area contributed by atoms with Crippen molar-refractivity contribution >= 4 is 11.8 Å². The predicted octanol–water partition coefficient (Wildman–Crippen LogP) is 1.06. The summed E-state index contributed by atoms with van der Waals surface area (Å²) in [7, 11) is 0. The van der Waals surface area contributed by atoms with Crippen molar-refractivity contribution in [1.82, 2.24) is 5.32 Å². The lowest BCUT2D eigenvalue weighted by molar-refractivity contribution is 0.720. The first-order valence-corrected chi connectivity index (χ1v) is 3.94. The monoisotopic (exact) mass is 117 g/mol. The van der Waals surface area contributed by atoms with Crippen molar-refractivity contribution in [1.29, 1.82) is 0 Å². The zero-order valence-corrected chi connectivity index (χ0v) is 5.26. The largest absolute Gasteiger partial charge is 0.308 e. The molecular weight excluding hydrogens is 106 g/mol. The van der Waals surface area contributed by atoms with E-state index in [9.17, 15) is 0 Å². The number of hydrogen-bond donors (Lipinski definition) is 1. The van der Waals surface area contributed by atoms with Crippen LogP contribution in [-0.2, 0) is 0 Å². The van der Waals surface area contributed by atoms with Gasteiger partial charge in [-0.15, -0.1) is 11.8 Å². The Morgan fingerprint density at radius 1 is 1.29 bits per heavy atom. The fourth-order valence-electron chi connectivity index (χ4n) is 0.671. The van der Waals surface area contributed by atoms with E-state index < -0.39 is 0 Å². The van der Waals surface area contributed by atoms with E-state index >= 15 is 0 Å². The van der Waals surface area contributed by atoms with Gasteiger partial charge in [-0.3, -0.25) is 0 Å². The van der Waals surface area contributed by atoms with Gasteiger partial charge in [0.25, 0.3) is 0 Å². The fraction of sp³-hybridized carbons (Fsp3) is 1.00. The molecule has 1 fully saturated rings. The van der Waals surface area contributed by atoms with Gasteiger partial charge in [-0.05, 0) is 25.1 Å². The zero-order valence-electron chi connectivity index (χ0n) is 4.44. The Morgan fingerprint density at radius 3 is 3.29 bits per heavy atom. The van der Waals surface area contributed by atoms with Crippen molar-refractivity contribution in [2.24, 2.45) is 0 Å². The van der Waals surface area contributed by atoms with Crippen LogP contribution in [-0.4, -0.2) is 18.2 Å². The Labute approximate surface area is 48.9 Å². The molecule has 1 rings (SSSR count). The lowest BCUT2D eigenvalue weighted by Crippen LogP contribution is -2.10. The van der Waals surface area contributed by atoms with Crippen LogP contribution in [0.25, 0.3) is 0 Å². The van der Waals surface area contributed by atoms with Gasteiger partial charge in [0.2, 0.25) is 0 Å². The van der Waals surface area contributed by atoms with Crippen molar-refractivity contribution in [3.63, 3.8) is 0 Å². The average molecular weight is 117 g/mol. The molecule has 0 aromatic heterocycles. The standard InChI is InChI=1S/C5H11NS/c1-2-4-7-5-6-3-1/h6H,1-5H2. The Hall–Kier alpha value is 0.310. The molecular formula is C5H11NS. The van der Waals surface area contributed by atoms with Crippen LogP contribution in [0.1, 0.15) is 12.8 Å². The second-order valence-electron chi connectivity index (χ2n) is 1.76. The van der Waals surface area contributed by atoms with Crippen LogP contribution < -0.4 is 5.32 Å². The molecule has 0 bridgehead atoms. The molecule has 0 aromatic rings. The molecule has 0 aliphatic carbocycles. The molecule has 1 aliphatic heterocycles. The van der Waals surface area contributed by atoms with Crippen molar-refractivity contribution in [2.75, 3.05) is 18.2 Å². The SMILES string of the molecule is C1CCSCNC1. The van der Waals surface area contributed by atoms with Crippen molar-refractivity contribution in [3.8, 4) is 0 Å². The van der Waals surface area contributed by atoms with E-state index in [1.165, 1.54) is 31.0 Å². The van der Waals surface area contributed by atoms with Crippen LogP contribution in [0.4, 0.5) is 0 Å². The first-order valence-electron chi connectivity index (χ1n) is 2.78. The molecule has 1 heterocycles. The molecule has 0 unspecified atom stereocenters. The highest BCUT2D eigenvalue weighted by Gasteiger charge is 1.94. The summed E-state index contributed by atoms with van der Waals surface area (Å²) >= 11 is 2.00. The van der Waals surface area contributed by atoms with E-state index in [2.05, 4.69) is 5.32 Å². The summed E-state index contributed by atoms with van der Waals surface area (Å²) in [4.78, 5) is 0. The maximum absolute atomic E-state index is 3.31. The third-order valence-corrected chi connectivity index (χ3v) is 2.08. The first-order chi connectivity index (χ1) is 3.50. The highest BCUT2D eigenvalue weighted by atomic mass is 32.2. The smallest absolute Gasteiger partial charge is 0.0417 e. The molecule has 0 amide bonds. The minimum Gasteiger partial charge on any atom is -0.308 e. The normalized spacial score (nSPS) is 24.0. The summed E-state index contributed by atoms with van der Waals surface area (Å²) in [6, 6.07) is 0. The number of nitrogens with one attached hydrogen (secondary N) is 1. The zero-order chi connectivity index (χ0) is 4.95. The number of rotatable bonds is 0. The number of hydrogen-bond acceptors (Lipinski definition) is 2. The summed E-state index contributed by atoms with van der Waals surface area (Å²) in [5.41, 5.74) is 0. The molecule has 0 aromatic carbocycles. The molecule has 1 N–H and O–H groups in total. The Morgan fingerprint density at radius 2 is 2.29 bits per heavy atom. The average Bonchev–Trinajstić information content (AvgIpc) is 1.90. The van der Waals surface area contributed by atoms with Crippen LogP contribution in [0.5, 0.6) is 0 Å². The van der Waals surface area contributed by atoms with Crippen LogP contribution in [0.3, 0.4) is 0 Å². The van der Waals surface area contributed by atoms with Gasteiger partial charge in [-0.2, -0.15) is 0 Å². The van der Waals surface area contributed by atoms with Gasteiger partial charge in [-0.1, -0.05) is 0 Å². The predicted molar refractivity (Wildman–Crippen MR) is 34.6 cm³/mol. The molecule has 7 heavy (non-hydrogen) atoms. The molecule has 0 spiro atoms. The lowest BCUT2D eigenvalue weighted by atomic mass is 10.3. The summed E-state index contributed by atoms with van der Waals surface area (Å²) < 4.78 is 0. The van der Waals surface area contributed by atoms with Crippen LogP contribution in [0.15, 0.2) is 0 Å². The topological polar surface area (TPSA) is 12.0 Å². The van der Waals surface area contributed by atoms with Gasteiger partial charge in [0.1, 0.15) is 0 Å². The Kier molecular flexibility index (Phi) is 2.59. The summed E-state index contributed by atoms with van der Waals surface area (Å²) in [5.74, 6) is 2.52. The van der Waals surface area contributed by atoms with E-state index in [1.807, 2.05) is 11.8 Å². The molecule has 1 saturated heterocycles. The van der Waals surface area contributed by atoms with Gasteiger partial charge < -0.3 is 5.32 Å². The molecule has 0 saturated carbocycles. The molecule has 42 valence electrons. The minimum atomic E-state index is 1.17. The van der Waals surface area contributed by atoms with Gasteiger partial charge in [0.15, 0.2) is 0 Å². The van der Waals surface area contributed by atoms with Crippen LogP contribution >= 0.6 is 11.8 Å². The Balaban J connectivity index is 2.04. The van der Waals surface area contributed by atoms with Crippen LogP contribution in [0, 0.1) is 0 Å². The highest BCUT2D eigenvalue weighted by molar-refractivity contribution is 7.99. The van der Waals surface area contributed by atoms with Gasteiger partial charge in [-0.25, -0.2) is 0 Å². The van der Waals surface area contributed by atoms with Crippen molar-refractivity contribution in [2.45, 2.75) is 12.8 Å². The number of thioether (sulfide) groups is 1. The van der Waals surface area contributed by atoms with Gasteiger partial charge in [0, 0.05) is 5.88 Å². The Bertz CT molecular complexity index is 27.7. The van der Waals surface area contributed by atoms with E-state index in [0.29, 0.717) is 0 Å². The molecule has 1 nitrogen and oxygen atoms in total. The third-order valence-electron chi connectivity index (χ3n) is 1.10. The van der Waals surface area contributed by atoms with E-state index in [1.54, 1.807) is 0 Å². The molecule has 2 heteroatoms. The quantitative estimate of drug-likeness (QED) is 0.509. The lowest BCUT2D eigenvalue weighted by Gasteiger charge is -1.91. The summed E-state index contributed by atoms with van der Waals surface area (Å²) in [5, 5.41) is 3.31. The van der Waals surface area contributed by atoms with E-state index in [-0.39, 0.29) is 0 Å². The first kappa shape index (κ1) is 5.45. The second kappa shape index (κ2) is 3.33. The van der Waals surface area contributed by atoms with Gasteiger partial charge >= 0.3 is 0 Å². The van der Waals surface area contributed by atoms with E-state index in [4.69, 9.17) is 0 Å². The van der Waals surface area contributed by atoms with E-state index in [0.717, 1.165) is 0 Å². The third kappa shape index (κ3) is 2.19. The highest BCUT2D eigenvalue weighted by Crippen LogP contribution is 2.05. The second-order valence-corrected chi connectivity index (χ2v) is 2.86. The minimum absolute atomic E-state index is 1.17. The maximum atomic E-state index is 3.31. The van der Waals surface area contributed by atoms with Crippen molar-refractivity contribution in [3.05, 3.63) is 0 Å². The maximum Gasteiger partial charge on any atom is 0.0417 e. The molecule has 0 atom stereocenters. The molecule has 1 aliphatic rings. The van der Waals surface area contributed by atoms with Crippen molar-refractivity contribution < 1.29 is 0 Å². The molecule has 0 radical (unpaired) electrons. The summed E-state index contributed by atoms with van der Waals surface area (Å²) in [6.45, 7) is 1.23. The fourth-order valence-corrected chi connectivity index (χ4v) is 1.51. The van der Waals surface area contributed by atoms with Crippen LogP contribution in [0.2, 0.25) is 0 Å². The summed E-state index contributed by atoms with van der Waals surface area (Å²) in [6.07, 6.45) is 2.77. The van der Waals surface area contributed by atoms with Gasteiger partial charge in [0.05, 0.1) is 0 Å².